The number of rotatable bonds is 14. The van der Waals surface area contributed by atoms with E-state index in [2.05, 4.69) is 26.1 Å². The molecule has 2 N–H and O–H groups in total. The van der Waals surface area contributed by atoms with Crippen LogP contribution in [0.25, 0.3) is 0 Å². The standard InChI is InChI=1S/C30H42N4O10SSi/c1-29(2,3)23-14-30(44-46(4)5,32(16-23)28(37)43-18-22-8-12-25(13-9-22)34(40)41)20-45-19-26(35)15-31-27(36)42-17-21-6-10-24(11-7-21)33(38)39/h6-13,23,26,35,46H,14-20H2,1-5H3,(H,31,36)/t23-,26?,30-/m0/s1. The van der Waals surface area contributed by atoms with Crippen LogP contribution in [0.3, 0.4) is 0 Å². The smallest absolute Gasteiger partial charge is 0.412 e. The Morgan fingerprint density at radius 3 is 2.02 bits per heavy atom. The first-order valence-corrected chi connectivity index (χ1v) is 18.8. The van der Waals surface area contributed by atoms with Crippen LogP contribution in [0, 0.1) is 31.6 Å². The van der Waals surface area contributed by atoms with Crippen molar-refractivity contribution in [2.24, 2.45) is 11.3 Å². The van der Waals surface area contributed by atoms with Crippen LogP contribution in [-0.4, -0.2) is 77.5 Å². The van der Waals surface area contributed by atoms with E-state index in [9.17, 15) is 34.9 Å². The Hall–Kier alpha value is -3.73. The molecule has 0 aromatic heterocycles. The van der Waals surface area contributed by atoms with Crippen LogP contribution >= 0.6 is 11.8 Å². The molecule has 0 spiro atoms. The predicted molar refractivity (Wildman–Crippen MR) is 175 cm³/mol. The number of benzene rings is 2. The SMILES string of the molecule is C[SiH](C)O[C@]1(CSCC(O)CNC(=O)OCc2ccc([N+](=O)[O-])cc2)C[C@H](C(C)(C)C)CN1C(=O)OCc1ccc([N+](=O)[O-])cc1. The maximum absolute atomic E-state index is 13.5. The zero-order valence-corrected chi connectivity index (χ0v) is 28.6. The highest BCUT2D eigenvalue weighted by Gasteiger charge is 2.52. The van der Waals surface area contributed by atoms with E-state index in [1.807, 2.05) is 13.1 Å². The van der Waals surface area contributed by atoms with Gasteiger partial charge in [-0.05, 0) is 59.8 Å². The molecule has 3 rings (SSSR count). The number of thioether (sulfide) groups is 1. The largest absolute Gasteiger partial charge is 0.445 e. The average molecular weight is 679 g/mol. The van der Waals surface area contributed by atoms with Gasteiger partial charge >= 0.3 is 12.2 Å². The molecule has 252 valence electrons. The van der Waals surface area contributed by atoms with E-state index in [-0.39, 0.29) is 48.2 Å². The lowest BCUT2D eigenvalue weighted by Crippen LogP contribution is -2.53. The fourth-order valence-corrected chi connectivity index (χ4v) is 7.43. The van der Waals surface area contributed by atoms with Crippen LogP contribution in [0.5, 0.6) is 0 Å². The van der Waals surface area contributed by atoms with Crippen molar-refractivity contribution in [3.05, 3.63) is 79.9 Å². The molecule has 1 unspecified atom stereocenters. The van der Waals surface area contributed by atoms with E-state index in [0.29, 0.717) is 29.8 Å². The summed E-state index contributed by atoms with van der Waals surface area (Å²) in [5.74, 6) is 0.739. The van der Waals surface area contributed by atoms with Gasteiger partial charge in [-0.3, -0.25) is 25.1 Å². The van der Waals surface area contributed by atoms with Crippen LogP contribution in [0.2, 0.25) is 13.1 Å². The number of carbonyl (C=O) groups excluding carboxylic acids is 2. The fraction of sp³-hybridized carbons (Fsp3) is 0.533. The number of likely N-dealkylation sites (tertiary alicyclic amines) is 1. The summed E-state index contributed by atoms with van der Waals surface area (Å²) in [5.41, 5.74) is 0.00921. The lowest BCUT2D eigenvalue weighted by molar-refractivity contribution is -0.385. The number of alkyl carbamates (subject to hydrolysis) is 1. The molecule has 0 radical (unpaired) electrons. The number of hydrogen-bond acceptors (Lipinski definition) is 11. The van der Waals surface area contributed by atoms with Gasteiger partial charge in [0, 0.05) is 55.3 Å². The molecule has 0 bridgehead atoms. The van der Waals surface area contributed by atoms with Crippen molar-refractivity contribution in [2.45, 2.75) is 65.3 Å². The molecule has 0 saturated carbocycles. The summed E-state index contributed by atoms with van der Waals surface area (Å²) in [4.78, 5) is 48.1. The molecule has 14 nitrogen and oxygen atoms in total. The number of carbonyl (C=O) groups is 2. The Morgan fingerprint density at radius 2 is 1.54 bits per heavy atom. The number of ether oxygens (including phenoxy) is 2. The number of aliphatic hydroxyl groups excluding tert-OH is 1. The zero-order valence-electron chi connectivity index (χ0n) is 26.7. The number of aliphatic hydroxyl groups is 1. The molecule has 1 fully saturated rings. The molecule has 46 heavy (non-hydrogen) atoms. The first kappa shape index (κ1) is 36.7. The normalized spacial score (nSPS) is 18.7. The van der Waals surface area contributed by atoms with Crippen molar-refractivity contribution < 1.29 is 38.4 Å². The molecule has 1 heterocycles. The third-order valence-corrected chi connectivity index (χ3v) is 9.69. The van der Waals surface area contributed by atoms with E-state index in [1.165, 1.54) is 48.2 Å². The van der Waals surface area contributed by atoms with Gasteiger partial charge in [0.2, 0.25) is 0 Å². The van der Waals surface area contributed by atoms with Crippen molar-refractivity contribution in [1.29, 1.82) is 0 Å². The Kier molecular flexibility index (Phi) is 12.9. The summed E-state index contributed by atoms with van der Waals surface area (Å²) in [6.07, 6.45) is -1.60. The second-order valence-electron chi connectivity index (χ2n) is 12.5. The van der Waals surface area contributed by atoms with Crippen LogP contribution < -0.4 is 5.32 Å². The topological polar surface area (TPSA) is 184 Å². The van der Waals surface area contributed by atoms with Gasteiger partial charge in [0.1, 0.15) is 18.9 Å². The molecule has 2 aromatic rings. The molecule has 2 aromatic carbocycles. The monoisotopic (exact) mass is 678 g/mol. The van der Waals surface area contributed by atoms with Crippen LogP contribution in [0.1, 0.15) is 38.3 Å². The highest BCUT2D eigenvalue weighted by Crippen LogP contribution is 2.45. The molecule has 2 amide bonds. The Bertz CT molecular complexity index is 1360. The summed E-state index contributed by atoms with van der Waals surface area (Å²) in [7, 11) is -1.68. The highest BCUT2D eigenvalue weighted by atomic mass is 32.2. The molecule has 1 aliphatic rings. The molecule has 0 aliphatic carbocycles. The van der Waals surface area contributed by atoms with E-state index >= 15 is 0 Å². The lowest BCUT2D eigenvalue weighted by atomic mass is 9.79. The zero-order chi connectivity index (χ0) is 34.1. The summed E-state index contributed by atoms with van der Waals surface area (Å²) in [6, 6.07) is 11.5. The molecule has 1 saturated heterocycles. The quantitative estimate of drug-likeness (QED) is 0.152. The number of nitro groups is 2. The minimum absolute atomic E-state index is 0.0505. The lowest BCUT2D eigenvalue weighted by Gasteiger charge is -2.39. The summed E-state index contributed by atoms with van der Waals surface area (Å²) >= 11 is 1.40. The second kappa shape index (κ2) is 16.2. The third kappa shape index (κ3) is 10.7. The van der Waals surface area contributed by atoms with Crippen LogP contribution in [0.15, 0.2) is 48.5 Å². The summed E-state index contributed by atoms with van der Waals surface area (Å²) < 4.78 is 17.4. The summed E-state index contributed by atoms with van der Waals surface area (Å²) in [5, 5.41) is 34.9. The Morgan fingerprint density at radius 1 is 1.02 bits per heavy atom. The van der Waals surface area contributed by atoms with Crippen molar-refractivity contribution >= 4 is 44.4 Å². The van der Waals surface area contributed by atoms with E-state index in [1.54, 1.807) is 17.0 Å². The number of nitrogens with one attached hydrogen (secondary N) is 1. The maximum atomic E-state index is 13.5. The minimum Gasteiger partial charge on any atom is -0.445 e. The second-order valence-corrected chi connectivity index (χ2v) is 15.9. The Labute approximate surface area is 273 Å². The number of amides is 2. The number of nitrogens with zero attached hydrogens (tertiary/aromatic N) is 3. The molecule has 3 atom stereocenters. The van der Waals surface area contributed by atoms with Gasteiger partial charge in [-0.25, -0.2) is 9.59 Å². The van der Waals surface area contributed by atoms with Gasteiger partial charge < -0.3 is 24.3 Å². The minimum atomic E-state index is -1.68. The van der Waals surface area contributed by atoms with Gasteiger partial charge in [0.15, 0.2) is 9.04 Å². The molecular weight excluding hydrogens is 637 g/mol. The summed E-state index contributed by atoms with van der Waals surface area (Å²) in [6.45, 7) is 10.6. The van der Waals surface area contributed by atoms with Gasteiger partial charge in [-0.1, -0.05) is 20.8 Å². The van der Waals surface area contributed by atoms with E-state index in [4.69, 9.17) is 13.9 Å². The predicted octanol–water partition coefficient (Wildman–Crippen LogP) is 5.22. The van der Waals surface area contributed by atoms with Crippen molar-refractivity contribution in [1.82, 2.24) is 10.2 Å². The average Bonchev–Trinajstić information content (AvgIpc) is 3.37. The van der Waals surface area contributed by atoms with E-state index in [0.717, 1.165) is 0 Å². The maximum Gasteiger partial charge on any atom is 0.412 e. The highest BCUT2D eigenvalue weighted by molar-refractivity contribution is 7.99. The van der Waals surface area contributed by atoms with Crippen molar-refractivity contribution in [2.75, 3.05) is 24.6 Å². The Balaban J connectivity index is 1.58. The van der Waals surface area contributed by atoms with Crippen molar-refractivity contribution in [3.63, 3.8) is 0 Å². The van der Waals surface area contributed by atoms with Crippen LogP contribution in [0.4, 0.5) is 21.0 Å². The number of non-ortho nitro benzene ring substituents is 2. The molecular formula is C30H42N4O10SSi. The number of hydrogen-bond donors (Lipinski definition) is 2. The van der Waals surface area contributed by atoms with Gasteiger partial charge in [-0.15, -0.1) is 0 Å². The first-order valence-electron chi connectivity index (χ1n) is 14.8. The van der Waals surface area contributed by atoms with Gasteiger partial charge in [0.25, 0.3) is 11.4 Å². The number of nitro benzene ring substituents is 2. The van der Waals surface area contributed by atoms with E-state index < -0.39 is 42.9 Å². The van der Waals surface area contributed by atoms with Gasteiger partial charge in [-0.2, -0.15) is 11.8 Å². The van der Waals surface area contributed by atoms with Gasteiger partial charge in [0.05, 0.1) is 16.0 Å². The van der Waals surface area contributed by atoms with Crippen LogP contribution in [-0.2, 0) is 27.1 Å². The molecule has 1 aliphatic heterocycles. The first-order chi connectivity index (χ1) is 21.6. The van der Waals surface area contributed by atoms with Crippen molar-refractivity contribution in [3.8, 4) is 0 Å². The third-order valence-electron chi connectivity index (χ3n) is 7.51. The molecule has 16 heteroatoms. The fourth-order valence-electron chi connectivity index (χ4n) is 4.95.